The van der Waals surface area contributed by atoms with Gasteiger partial charge in [0, 0.05) is 10.6 Å². The number of halogens is 2. The van der Waals surface area contributed by atoms with Gasteiger partial charge in [-0.3, -0.25) is 4.79 Å². The zero-order valence-electron chi connectivity index (χ0n) is 9.86. The Labute approximate surface area is 108 Å². The van der Waals surface area contributed by atoms with Crippen LogP contribution in [0.15, 0.2) is 23.1 Å². The first-order valence-corrected chi connectivity index (χ1v) is 6.43. The largest absolute Gasteiger partial charge is 0.466 e. The minimum absolute atomic E-state index is 0.0964. The Balaban J connectivity index is 2.44. The zero-order chi connectivity index (χ0) is 13.5. The molecule has 100 valence electrons. The Morgan fingerprint density at radius 1 is 1.50 bits per heavy atom. The molecule has 0 fully saturated rings. The van der Waals surface area contributed by atoms with Crippen molar-refractivity contribution in [2.75, 3.05) is 12.4 Å². The highest BCUT2D eigenvalue weighted by molar-refractivity contribution is 7.99. The van der Waals surface area contributed by atoms with Gasteiger partial charge in [-0.05, 0) is 25.1 Å². The minimum atomic E-state index is -0.947. The van der Waals surface area contributed by atoms with Gasteiger partial charge in [0.15, 0.2) is 0 Å². The van der Waals surface area contributed by atoms with Gasteiger partial charge in [0.2, 0.25) is 0 Å². The molecule has 0 amide bonds. The van der Waals surface area contributed by atoms with E-state index in [-0.39, 0.29) is 23.7 Å². The molecule has 0 radical (unpaired) electrons. The first-order chi connectivity index (χ1) is 8.52. The van der Waals surface area contributed by atoms with Crippen LogP contribution in [-0.2, 0) is 9.53 Å². The molecule has 1 aromatic rings. The molecule has 18 heavy (non-hydrogen) atoms. The topological polar surface area (TPSA) is 46.5 Å². The van der Waals surface area contributed by atoms with E-state index < -0.39 is 23.7 Å². The molecule has 0 aliphatic carbocycles. The van der Waals surface area contributed by atoms with E-state index >= 15 is 0 Å². The third-order valence-electron chi connectivity index (χ3n) is 2.03. The Bertz CT molecular complexity index is 412. The van der Waals surface area contributed by atoms with E-state index in [9.17, 15) is 18.7 Å². The highest BCUT2D eigenvalue weighted by atomic mass is 32.2. The fourth-order valence-electron chi connectivity index (χ4n) is 1.25. The summed E-state index contributed by atoms with van der Waals surface area (Å²) in [6.07, 6.45) is -1.10. The van der Waals surface area contributed by atoms with Crippen molar-refractivity contribution in [2.24, 2.45) is 0 Å². The molecule has 0 spiro atoms. The first kappa shape index (κ1) is 14.9. The Morgan fingerprint density at radius 2 is 2.22 bits per heavy atom. The molecule has 0 saturated carbocycles. The number of aliphatic hydroxyl groups excluding tert-OH is 1. The molecule has 1 unspecified atom stereocenters. The smallest absolute Gasteiger partial charge is 0.308 e. The lowest BCUT2D eigenvalue weighted by atomic mass is 10.3. The average Bonchev–Trinajstić information content (AvgIpc) is 2.30. The summed E-state index contributed by atoms with van der Waals surface area (Å²) in [5.41, 5.74) is 0. The number of rotatable bonds is 6. The maximum absolute atomic E-state index is 13.2. The van der Waals surface area contributed by atoms with Crippen LogP contribution in [0.2, 0.25) is 0 Å². The van der Waals surface area contributed by atoms with E-state index in [1.807, 2.05) is 0 Å². The van der Waals surface area contributed by atoms with Crippen molar-refractivity contribution in [3.63, 3.8) is 0 Å². The van der Waals surface area contributed by atoms with Crippen LogP contribution in [0, 0.1) is 11.6 Å². The lowest BCUT2D eigenvalue weighted by molar-refractivity contribution is -0.144. The van der Waals surface area contributed by atoms with Crippen LogP contribution in [0.4, 0.5) is 8.78 Å². The van der Waals surface area contributed by atoms with Gasteiger partial charge in [-0.2, -0.15) is 0 Å². The van der Waals surface area contributed by atoms with Gasteiger partial charge in [-0.15, -0.1) is 11.8 Å². The molecular weight excluding hydrogens is 262 g/mol. The van der Waals surface area contributed by atoms with E-state index in [1.165, 1.54) is 0 Å². The van der Waals surface area contributed by atoms with Crippen molar-refractivity contribution in [1.82, 2.24) is 0 Å². The van der Waals surface area contributed by atoms with Gasteiger partial charge in [0.25, 0.3) is 0 Å². The van der Waals surface area contributed by atoms with Crippen molar-refractivity contribution in [2.45, 2.75) is 24.3 Å². The van der Waals surface area contributed by atoms with Crippen molar-refractivity contribution >= 4 is 17.7 Å². The predicted octanol–water partition coefficient (Wildman–Crippen LogP) is 2.37. The van der Waals surface area contributed by atoms with E-state index in [2.05, 4.69) is 4.74 Å². The maximum Gasteiger partial charge on any atom is 0.308 e. The van der Waals surface area contributed by atoms with Gasteiger partial charge in [-0.1, -0.05) is 0 Å². The third-order valence-corrected chi connectivity index (χ3v) is 3.21. The lowest BCUT2D eigenvalue weighted by Crippen LogP contribution is -2.17. The highest BCUT2D eigenvalue weighted by Crippen LogP contribution is 2.23. The van der Waals surface area contributed by atoms with Gasteiger partial charge in [0.1, 0.15) is 11.6 Å². The normalized spacial score (nSPS) is 12.2. The minimum Gasteiger partial charge on any atom is -0.466 e. The molecule has 6 heteroatoms. The molecule has 3 nitrogen and oxygen atoms in total. The summed E-state index contributed by atoms with van der Waals surface area (Å²) in [5, 5.41) is 9.53. The van der Waals surface area contributed by atoms with Crippen LogP contribution in [0.25, 0.3) is 0 Å². The van der Waals surface area contributed by atoms with Gasteiger partial charge in [0.05, 0.1) is 19.1 Å². The summed E-state index contributed by atoms with van der Waals surface area (Å²) in [6.45, 7) is 1.92. The van der Waals surface area contributed by atoms with E-state index in [0.717, 1.165) is 30.0 Å². The SMILES string of the molecule is CCOC(=O)CC(O)CSc1cc(F)ccc1F. The maximum atomic E-state index is 13.2. The summed E-state index contributed by atoms with van der Waals surface area (Å²) in [5.74, 6) is -1.51. The second-order valence-electron chi connectivity index (χ2n) is 3.55. The van der Waals surface area contributed by atoms with Crippen molar-refractivity contribution < 1.29 is 23.4 Å². The third kappa shape index (κ3) is 5.01. The van der Waals surface area contributed by atoms with Crippen molar-refractivity contribution in [3.05, 3.63) is 29.8 Å². The summed E-state index contributed by atoms with van der Waals surface area (Å²) in [4.78, 5) is 11.2. The molecule has 0 aromatic heterocycles. The quantitative estimate of drug-likeness (QED) is 0.640. The van der Waals surface area contributed by atoms with Crippen LogP contribution < -0.4 is 0 Å². The van der Waals surface area contributed by atoms with Crippen LogP contribution in [0.5, 0.6) is 0 Å². The van der Waals surface area contributed by atoms with E-state index in [1.54, 1.807) is 6.92 Å². The van der Waals surface area contributed by atoms with Crippen LogP contribution in [0.3, 0.4) is 0 Å². The number of aliphatic hydroxyl groups is 1. The Kier molecular flexibility index (Phi) is 6.07. The number of hydrogen-bond donors (Lipinski definition) is 1. The van der Waals surface area contributed by atoms with Gasteiger partial charge in [-0.25, -0.2) is 8.78 Å². The molecule has 1 rings (SSSR count). The van der Waals surface area contributed by atoms with E-state index in [4.69, 9.17) is 0 Å². The molecule has 0 heterocycles. The molecule has 0 aliphatic heterocycles. The van der Waals surface area contributed by atoms with Crippen LogP contribution in [-0.4, -0.2) is 29.5 Å². The predicted molar refractivity (Wildman–Crippen MR) is 64.3 cm³/mol. The molecule has 0 aliphatic rings. The second kappa shape index (κ2) is 7.33. The van der Waals surface area contributed by atoms with Crippen LogP contribution >= 0.6 is 11.8 Å². The number of ether oxygens (including phenoxy) is 1. The molecule has 0 bridgehead atoms. The number of benzene rings is 1. The number of esters is 1. The van der Waals surface area contributed by atoms with Gasteiger partial charge < -0.3 is 9.84 Å². The average molecular weight is 276 g/mol. The fraction of sp³-hybridized carbons (Fsp3) is 0.417. The first-order valence-electron chi connectivity index (χ1n) is 5.44. The number of hydrogen-bond acceptors (Lipinski definition) is 4. The summed E-state index contributed by atoms with van der Waals surface area (Å²) < 4.78 is 30.8. The highest BCUT2D eigenvalue weighted by Gasteiger charge is 2.13. The standard InChI is InChI=1S/C12H14F2O3S/c1-2-17-12(16)6-9(15)7-18-11-5-8(13)3-4-10(11)14/h3-5,9,15H,2,6-7H2,1H3. The summed E-state index contributed by atoms with van der Waals surface area (Å²) >= 11 is 0.957. The molecule has 1 aromatic carbocycles. The number of carbonyl (C=O) groups is 1. The fourth-order valence-corrected chi connectivity index (χ4v) is 2.14. The van der Waals surface area contributed by atoms with Crippen LogP contribution in [0.1, 0.15) is 13.3 Å². The lowest BCUT2D eigenvalue weighted by Gasteiger charge is -2.09. The summed E-state index contributed by atoms with van der Waals surface area (Å²) in [6, 6.07) is 3.10. The molecule has 1 atom stereocenters. The molecule has 0 saturated heterocycles. The second-order valence-corrected chi connectivity index (χ2v) is 4.61. The molecule has 1 N–H and O–H groups in total. The van der Waals surface area contributed by atoms with Crippen molar-refractivity contribution in [3.8, 4) is 0 Å². The Hall–Kier alpha value is -1.14. The zero-order valence-corrected chi connectivity index (χ0v) is 10.7. The Morgan fingerprint density at radius 3 is 2.89 bits per heavy atom. The number of carbonyl (C=O) groups excluding carboxylic acids is 1. The van der Waals surface area contributed by atoms with Gasteiger partial charge >= 0.3 is 5.97 Å². The monoisotopic (exact) mass is 276 g/mol. The van der Waals surface area contributed by atoms with E-state index in [0.29, 0.717) is 0 Å². The number of thioether (sulfide) groups is 1. The summed E-state index contributed by atoms with van der Waals surface area (Å²) in [7, 11) is 0. The molecular formula is C12H14F2O3S. The van der Waals surface area contributed by atoms with Crippen molar-refractivity contribution in [1.29, 1.82) is 0 Å².